The predicted molar refractivity (Wildman–Crippen MR) is 60.7 cm³/mol. The Bertz CT molecular complexity index is 243. The third-order valence-corrected chi connectivity index (χ3v) is 1.87. The molecule has 0 fully saturated rings. The van der Waals surface area contributed by atoms with Crippen LogP contribution < -0.4 is 16.4 Å². The maximum Gasteiger partial charge on any atom is 0.242 e. The van der Waals surface area contributed by atoms with Gasteiger partial charge < -0.3 is 21.1 Å². The van der Waals surface area contributed by atoms with Gasteiger partial charge in [-0.2, -0.15) is 0 Å². The molecule has 0 aromatic rings. The summed E-state index contributed by atoms with van der Waals surface area (Å²) in [7, 11) is 1.46. The standard InChI is InChI=1S/C10H21N3O3/c1-6(2)12-9(14)7(3)13-10(15)8(11)5-16-4/h6-8H,5,11H2,1-4H3,(H,12,14)(H,13,15). The zero-order valence-electron chi connectivity index (χ0n) is 10.2. The first-order chi connectivity index (χ1) is 7.38. The second kappa shape index (κ2) is 7.19. The minimum absolute atomic E-state index is 0.0412. The second-order valence-electron chi connectivity index (χ2n) is 3.96. The molecule has 0 heterocycles. The van der Waals surface area contributed by atoms with Crippen molar-refractivity contribution in [3.8, 4) is 0 Å². The molecule has 2 atom stereocenters. The normalized spacial score (nSPS) is 14.4. The first kappa shape index (κ1) is 14.9. The number of rotatable bonds is 6. The molecule has 0 aliphatic heterocycles. The Morgan fingerprint density at radius 3 is 2.19 bits per heavy atom. The lowest BCUT2D eigenvalue weighted by Gasteiger charge is -2.18. The van der Waals surface area contributed by atoms with E-state index in [9.17, 15) is 9.59 Å². The van der Waals surface area contributed by atoms with Crippen LogP contribution in [0.1, 0.15) is 20.8 Å². The Balaban J connectivity index is 4.08. The second-order valence-corrected chi connectivity index (χ2v) is 3.96. The number of amides is 2. The van der Waals surface area contributed by atoms with Gasteiger partial charge in [0.05, 0.1) is 6.61 Å². The average Bonchev–Trinajstić information content (AvgIpc) is 2.16. The van der Waals surface area contributed by atoms with Gasteiger partial charge in [0.15, 0.2) is 0 Å². The predicted octanol–water partition coefficient (Wildman–Crippen LogP) is -1.01. The molecular weight excluding hydrogens is 210 g/mol. The number of ether oxygens (including phenoxy) is 1. The van der Waals surface area contributed by atoms with Crippen molar-refractivity contribution in [2.45, 2.75) is 38.9 Å². The van der Waals surface area contributed by atoms with Gasteiger partial charge in [0.25, 0.3) is 0 Å². The number of methoxy groups -OCH3 is 1. The van der Waals surface area contributed by atoms with Crippen LogP contribution in [0.15, 0.2) is 0 Å². The highest BCUT2D eigenvalue weighted by atomic mass is 16.5. The fourth-order valence-electron chi connectivity index (χ4n) is 1.05. The van der Waals surface area contributed by atoms with Crippen molar-refractivity contribution in [3.63, 3.8) is 0 Å². The molecule has 6 nitrogen and oxygen atoms in total. The molecule has 0 radical (unpaired) electrons. The summed E-state index contributed by atoms with van der Waals surface area (Å²) in [6.07, 6.45) is 0. The van der Waals surface area contributed by atoms with Crippen LogP contribution in [0, 0.1) is 0 Å². The Labute approximate surface area is 95.9 Å². The van der Waals surface area contributed by atoms with Crippen LogP contribution in [0.25, 0.3) is 0 Å². The summed E-state index contributed by atoms with van der Waals surface area (Å²) in [5, 5.41) is 5.21. The Morgan fingerprint density at radius 1 is 1.19 bits per heavy atom. The highest BCUT2D eigenvalue weighted by Gasteiger charge is 2.19. The zero-order chi connectivity index (χ0) is 12.7. The summed E-state index contributed by atoms with van der Waals surface area (Å²) in [6.45, 7) is 5.44. The van der Waals surface area contributed by atoms with Crippen LogP contribution in [0.5, 0.6) is 0 Å². The molecule has 2 unspecified atom stereocenters. The van der Waals surface area contributed by atoms with Gasteiger partial charge in [-0.3, -0.25) is 9.59 Å². The molecule has 0 aromatic carbocycles. The van der Waals surface area contributed by atoms with Crippen molar-refractivity contribution in [1.82, 2.24) is 10.6 Å². The number of nitrogens with two attached hydrogens (primary N) is 1. The topological polar surface area (TPSA) is 93.4 Å². The molecule has 0 rings (SSSR count). The van der Waals surface area contributed by atoms with E-state index in [0.717, 1.165) is 0 Å². The van der Waals surface area contributed by atoms with Gasteiger partial charge in [0.2, 0.25) is 11.8 Å². The molecule has 16 heavy (non-hydrogen) atoms. The molecule has 94 valence electrons. The van der Waals surface area contributed by atoms with Gasteiger partial charge in [-0.15, -0.1) is 0 Å². The molecule has 2 amide bonds. The smallest absolute Gasteiger partial charge is 0.242 e. The maximum atomic E-state index is 11.5. The summed E-state index contributed by atoms with van der Waals surface area (Å²) in [5.74, 6) is -0.624. The fourth-order valence-corrected chi connectivity index (χ4v) is 1.05. The van der Waals surface area contributed by atoms with E-state index < -0.39 is 18.0 Å². The average molecular weight is 231 g/mol. The molecule has 6 heteroatoms. The summed E-state index contributed by atoms with van der Waals surface area (Å²) in [4.78, 5) is 22.9. The molecule has 0 bridgehead atoms. The van der Waals surface area contributed by atoms with Crippen LogP contribution in [0.3, 0.4) is 0 Å². The van der Waals surface area contributed by atoms with Crippen LogP contribution in [-0.4, -0.2) is 43.7 Å². The zero-order valence-corrected chi connectivity index (χ0v) is 10.2. The van der Waals surface area contributed by atoms with Crippen molar-refractivity contribution in [2.24, 2.45) is 5.73 Å². The number of carbonyl (C=O) groups excluding carboxylic acids is 2. The Hall–Kier alpha value is -1.14. The molecular formula is C10H21N3O3. The van der Waals surface area contributed by atoms with E-state index in [1.54, 1.807) is 6.92 Å². The van der Waals surface area contributed by atoms with Crippen molar-refractivity contribution >= 4 is 11.8 Å². The van der Waals surface area contributed by atoms with Crippen LogP contribution in [-0.2, 0) is 14.3 Å². The molecule has 0 saturated heterocycles. The highest BCUT2D eigenvalue weighted by molar-refractivity contribution is 5.89. The molecule has 0 aliphatic carbocycles. The van der Waals surface area contributed by atoms with E-state index in [1.165, 1.54) is 7.11 Å². The van der Waals surface area contributed by atoms with Crippen molar-refractivity contribution < 1.29 is 14.3 Å². The molecule has 4 N–H and O–H groups in total. The minimum atomic E-state index is -0.751. The monoisotopic (exact) mass is 231 g/mol. The highest BCUT2D eigenvalue weighted by Crippen LogP contribution is 1.88. The van der Waals surface area contributed by atoms with E-state index in [0.29, 0.717) is 0 Å². The van der Waals surface area contributed by atoms with Crippen LogP contribution >= 0.6 is 0 Å². The van der Waals surface area contributed by atoms with E-state index in [2.05, 4.69) is 10.6 Å². The van der Waals surface area contributed by atoms with Crippen molar-refractivity contribution in [3.05, 3.63) is 0 Å². The van der Waals surface area contributed by atoms with Crippen molar-refractivity contribution in [2.75, 3.05) is 13.7 Å². The first-order valence-electron chi connectivity index (χ1n) is 5.23. The maximum absolute atomic E-state index is 11.5. The summed E-state index contributed by atoms with van der Waals surface area (Å²) in [6, 6.07) is -1.31. The largest absolute Gasteiger partial charge is 0.383 e. The van der Waals surface area contributed by atoms with Gasteiger partial charge in [-0.1, -0.05) is 0 Å². The van der Waals surface area contributed by atoms with Crippen molar-refractivity contribution in [1.29, 1.82) is 0 Å². The summed E-state index contributed by atoms with van der Waals surface area (Å²) in [5.41, 5.74) is 5.51. The number of nitrogens with one attached hydrogen (secondary N) is 2. The minimum Gasteiger partial charge on any atom is -0.383 e. The summed E-state index contributed by atoms with van der Waals surface area (Å²) < 4.78 is 4.74. The van der Waals surface area contributed by atoms with Gasteiger partial charge in [0, 0.05) is 13.2 Å². The molecule has 0 saturated carbocycles. The third-order valence-electron chi connectivity index (χ3n) is 1.87. The lowest BCUT2D eigenvalue weighted by molar-refractivity contribution is -0.130. The fraction of sp³-hybridized carbons (Fsp3) is 0.800. The van der Waals surface area contributed by atoms with Gasteiger partial charge in [-0.25, -0.2) is 0 Å². The molecule has 0 spiro atoms. The van der Waals surface area contributed by atoms with Gasteiger partial charge >= 0.3 is 0 Å². The Morgan fingerprint density at radius 2 is 1.75 bits per heavy atom. The first-order valence-corrected chi connectivity index (χ1v) is 5.23. The van der Waals surface area contributed by atoms with Gasteiger partial charge in [0.1, 0.15) is 12.1 Å². The number of hydrogen-bond donors (Lipinski definition) is 3. The number of carbonyl (C=O) groups is 2. The molecule has 0 aliphatic rings. The summed E-state index contributed by atoms with van der Waals surface area (Å²) >= 11 is 0. The lowest BCUT2D eigenvalue weighted by Crippen LogP contribution is -2.52. The lowest BCUT2D eigenvalue weighted by atomic mass is 10.2. The molecule has 0 aromatic heterocycles. The number of hydrogen-bond acceptors (Lipinski definition) is 4. The van der Waals surface area contributed by atoms with Crippen LogP contribution in [0.4, 0.5) is 0 Å². The van der Waals surface area contributed by atoms with E-state index >= 15 is 0 Å². The van der Waals surface area contributed by atoms with E-state index in [-0.39, 0.29) is 18.6 Å². The quantitative estimate of drug-likeness (QED) is 0.546. The van der Waals surface area contributed by atoms with Crippen LogP contribution in [0.2, 0.25) is 0 Å². The van der Waals surface area contributed by atoms with E-state index in [4.69, 9.17) is 10.5 Å². The van der Waals surface area contributed by atoms with E-state index in [1.807, 2.05) is 13.8 Å². The van der Waals surface area contributed by atoms with Gasteiger partial charge in [-0.05, 0) is 20.8 Å². The third kappa shape index (κ3) is 5.67. The SMILES string of the molecule is COCC(N)C(=O)NC(C)C(=O)NC(C)C. The Kier molecular flexibility index (Phi) is 6.67.